The molecule has 0 unspecified atom stereocenters. The first-order valence-electron chi connectivity index (χ1n) is 13.0. The molecule has 1 aliphatic rings. The number of hydrogen-bond acceptors (Lipinski definition) is 4. The van der Waals surface area contributed by atoms with Crippen LogP contribution in [0, 0.1) is 5.92 Å². The highest BCUT2D eigenvalue weighted by Crippen LogP contribution is 2.23. The van der Waals surface area contributed by atoms with E-state index in [1.807, 2.05) is 72.2 Å². The van der Waals surface area contributed by atoms with Gasteiger partial charge in [-0.2, -0.15) is 0 Å². The molecule has 3 rings (SSSR count). The second-order valence-electron chi connectivity index (χ2n) is 10.0. The monoisotopic (exact) mass is 492 g/mol. The van der Waals surface area contributed by atoms with Crippen LogP contribution in [-0.2, 0) is 16.0 Å². The summed E-state index contributed by atoms with van der Waals surface area (Å²) in [4.78, 5) is 42.8. The van der Waals surface area contributed by atoms with Crippen LogP contribution in [0.2, 0.25) is 0 Å². The maximum Gasteiger partial charge on any atom is 0.253 e. The third-order valence-electron chi connectivity index (χ3n) is 6.86. The number of hydrogen-bond donors (Lipinski definition) is 2. The Bertz CT molecular complexity index is 994. The lowest BCUT2D eigenvalue weighted by atomic mass is 10.0. The maximum atomic E-state index is 13.5. The van der Waals surface area contributed by atoms with E-state index < -0.39 is 12.1 Å². The van der Waals surface area contributed by atoms with Crippen LogP contribution in [0.15, 0.2) is 60.7 Å². The number of amides is 3. The van der Waals surface area contributed by atoms with Gasteiger partial charge in [0.25, 0.3) is 5.91 Å². The van der Waals surface area contributed by atoms with Crippen molar-refractivity contribution >= 4 is 17.7 Å². The topological polar surface area (TPSA) is 95.7 Å². The van der Waals surface area contributed by atoms with Crippen molar-refractivity contribution in [3.8, 4) is 0 Å². The summed E-state index contributed by atoms with van der Waals surface area (Å²) >= 11 is 0. The summed E-state index contributed by atoms with van der Waals surface area (Å²) in [6.45, 7) is 7.31. The van der Waals surface area contributed by atoms with Crippen LogP contribution < -0.4 is 11.1 Å². The molecular formula is C29H40N4O3. The normalized spacial score (nSPS) is 17.0. The molecule has 0 saturated carbocycles. The number of carbonyl (C=O) groups is 3. The van der Waals surface area contributed by atoms with E-state index >= 15 is 0 Å². The lowest BCUT2D eigenvalue weighted by molar-refractivity contribution is -0.138. The zero-order valence-electron chi connectivity index (χ0n) is 21.7. The summed E-state index contributed by atoms with van der Waals surface area (Å²) in [5.41, 5.74) is 7.57. The Labute approximate surface area is 215 Å². The van der Waals surface area contributed by atoms with Crippen molar-refractivity contribution in [2.24, 2.45) is 11.7 Å². The second kappa shape index (κ2) is 13.2. The van der Waals surface area contributed by atoms with E-state index in [1.54, 1.807) is 6.92 Å². The maximum absolute atomic E-state index is 13.5. The Morgan fingerprint density at radius 3 is 2.25 bits per heavy atom. The van der Waals surface area contributed by atoms with Crippen molar-refractivity contribution in [2.75, 3.05) is 19.6 Å². The molecule has 0 aliphatic carbocycles. The van der Waals surface area contributed by atoms with E-state index in [1.165, 1.54) is 5.56 Å². The number of likely N-dealkylation sites (tertiary alicyclic amines) is 1. The fourth-order valence-corrected chi connectivity index (χ4v) is 4.69. The van der Waals surface area contributed by atoms with Gasteiger partial charge in [-0.15, -0.1) is 0 Å². The first-order valence-corrected chi connectivity index (χ1v) is 13.0. The molecule has 194 valence electrons. The fraction of sp³-hybridized carbons (Fsp3) is 0.483. The molecule has 0 spiro atoms. The molecule has 2 aromatic rings. The molecule has 0 bridgehead atoms. The predicted octanol–water partition coefficient (Wildman–Crippen LogP) is 3.24. The lowest BCUT2D eigenvalue weighted by Crippen LogP contribution is -2.55. The first kappa shape index (κ1) is 27.4. The molecule has 7 nitrogen and oxygen atoms in total. The van der Waals surface area contributed by atoms with Crippen molar-refractivity contribution in [1.82, 2.24) is 15.1 Å². The summed E-state index contributed by atoms with van der Waals surface area (Å²) in [5.74, 6) is -0.430. The fourth-order valence-electron chi connectivity index (χ4n) is 4.69. The molecule has 7 heteroatoms. The average Bonchev–Trinajstić information content (AvgIpc) is 3.36. The molecule has 1 fully saturated rings. The summed E-state index contributed by atoms with van der Waals surface area (Å²) in [5, 5.41) is 2.84. The van der Waals surface area contributed by atoms with Gasteiger partial charge in [-0.3, -0.25) is 14.4 Å². The number of carbonyl (C=O) groups excluding carboxylic acids is 3. The summed E-state index contributed by atoms with van der Waals surface area (Å²) in [6.07, 6.45) is 3.28. The third kappa shape index (κ3) is 7.40. The Kier molecular flexibility index (Phi) is 10.1. The average molecular weight is 493 g/mol. The molecule has 1 aliphatic heterocycles. The predicted molar refractivity (Wildman–Crippen MR) is 142 cm³/mol. The van der Waals surface area contributed by atoms with Gasteiger partial charge < -0.3 is 20.9 Å². The lowest BCUT2D eigenvalue weighted by Gasteiger charge is -2.33. The summed E-state index contributed by atoms with van der Waals surface area (Å²) < 4.78 is 0. The van der Waals surface area contributed by atoms with Gasteiger partial charge in [-0.25, -0.2) is 0 Å². The van der Waals surface area contributed by atoms with E-state index in [2.05, 4.69) is 17.4 Å². The summed E-state index contributed by atoms with van der Waals surface area (Å²) in [7, 11) is 0. The van der Waals surface area contributed by atoms with Gasteiger partial charge >= 0.3 is 0 Å². The highest BCUT2D eigenvalue weighted by molar-refractivity contribution is 5.94. The number of rotatable bonds is 11. The van der Waals surface area contributed by atoms with Gasteiger partial charge in [-0.05, 0) is 56.2 Å². The zero-order valence-corrected chi connectivity index (χ0v) is 21.7. The van der Waals surface area contributed by atoms with Crippen LogP contribution in [0.1, 0.15) is 56.0 Å². The number of nitrogens with two attached hydrogens (primary N) is 1. The van der Waals surface area contributed by atoms with Crippen LogP contribution in [0.25, 0.3) is 0 Å². The van der Waals surface area contributed by atoms with Gasteiger partial charge in [0.15, 0.2) is 0 Å². The standard InChI is InChI=1S/C29H40N4O3/c1-21(2)26(31-27(34)22(3)30)29(36)33-18-10-15-25(33)17-20-32(19-16-23-11-6-4-7-12-23)28(35)24-13-8-5-9-14-24/h4-9,11-14,21-22,25-26H,10,15-20,30H2,1-3H3,(H,31,34)/t22-,25-,26-/m0/s1. The Hall–Kier alpha value is -3.19. The zero-order chi connectivity index (χ0) is 26.1. The van der Waals surface area contributed by atoms with Crippen molar-refractivity contribution in [2.45, 2.75) is 64.6 Å². The largest absolute Gasteiger partial charge is 0.343 e. The molecule has 3 N–H and O–H groups in total. The highest BCUT2D eigenvalue weighted by Gasteiger charge is 2.35. The van der Waals surface area contributed by atoms with E-state index in [9.17, 15) is 14.4 Å². The van der Waals surface area contributed by atoms with Crippen molar-refractivity contribution in [1.29, 1.82) is 0 Å². The minimum Gasteiger partial charge on any atom is -0.343 e. The van der Waals surface area contributed by atoms with Crippen LogP contribution in [0.3, 0.4) is 0 Å². The van der Waals surface area contributed by atoms with Gasteiger partial charge in [0.2, 0.25) is 11.8 Å². The van der Waals surface area contributed by atoms with Gasteiger partial charge in [0, 0.05) is 31.2 Å². The number of nitrogens with zero attached hydrogens (tertiary/aromatic N) is 2. The quantitative estimate of drug-likeness (QED) is 0.503. The smallest absolute Gasteiger partial charge is 0.253 e. The molecule has 3 atom stereocenters. The van der Waals surface area contributed by atoms with E-state index in [-0.39, 0.29) is 29.7 Å². The number of nitrogens with one attached hydrogen (secondary N) is 1. The van der Waals surface area contributed by atoms with Crippen LogP contribution in [-0.4, -0.2) is 65.3 Å². The molecule has 2 aromatic carbocycles. The van der Waals surface area contributed by atoms with Crippen LogP contribution in [0.5, 0.6) is 0 Å². The highest BCUT2D eigenvalue weighted by atomic mass is 16.2. The molecule has 0 aromatic heterocycles. The van der Waals surface area contributed by atoms with Crippen LogP contribution in [0.4, 0.5) is 0 Å². The second-order valence-corrected chi connectivity index (χ2v) is 10.0. The van der Waals surface area contributed by atoms with Gasteiger partial charge in [-0.1, -0.05) is 62.4 Å². The Morgan fingerprint density at radius 2 is 1.64 bits per heavy atom. The van der Waals surface area contributed by atoms with Crippen LogP contribution >= 0.6 is 0 Å². The van der Waals surface area contributed by atoms with Crippen molar-refractivity contribution < 1.29 is 14.4 Å². The van der Waals surface area contributed by atoms with Gasteiger partial charge in [0.05, 0.1) is 6.04 Å². The first-order chi connectivity index (χ1) is 17.3. The van der Waals surface area contributed by atoms with E-state index in [0.29, 0.717) is 31.6 Å². The minimum atomic E-state index is -0.671. The molecule has 3 amide bonds. The Balaban J connectivity index is 1.69. The molecular weight excluding hydrogens is 452 g/mol. The molecule has 0 radical (unpaired) electrons. The minimum absolute atomic E-state index is 0.00617. The molecule has 36 heavy (non-hydrogen) atoms. The Morgan fingerprint density at radius 1 is 1.00 bits per heavy atom. The van der Waals surface area contributed by atoms with E-state index in [0.717, 1.165) is 19.3 Å². The van der Waals surface area contributed by atoms with Gasteiger partial charge in [0.1, 0.15) is 6.04 Å². The SMILES string of the molecule is CC(C)[C@H](NC(=O)[C@H](C)N)C(=O)N1CCC[C@H]1CCN(CCc1ccccc1)C(=O)c1ccccc1. The van der Waals surface area contributed by atoms with E-state index in [4.69, 9.17) is 5.73 Å². The molecule has 1 saturated heterocycles. The summed E-state index contributed by atoms with van der Waals surface area (Å²) in [6, 6.07) is 18.3. The van der Waals surface area contributed by atoms with Crippen molar-refractivity contribution in [3.05, 3.63) is 71.8 Å². The third-order valence-corrected chi connectivity index (χ3v) is 6.86. The number of benzene rings is 2. The van der Waals surface area contributed by atoms with Crippen molar-refractivity contribution in [3.63, 3.8) is 0 Å². The molecule has 1 heterocycles.